The van der Waals surface area contributed by atoms with E-state index in [0.717, 1.165) is 25.2 Å². The maximum absolute atomic E-state index is 9.05. The Hall–Kier alpha value is -1.61. The molecule has 0 unspecified atom stereocenters. The summed E-state index contributed by atoms with van der Waals surface area (Å²) >= 11 is 0. The van der Waals surface area contributed by atoms with Gasteiger partial charge in [-0.2, -0.15) is 5.26 Å². The Balaban J connectivity index is 2.10. The van der Waals surface area contributed by atoms with Gasteiger partial charge in [0.15, 0.2) is 0 Å². The summed E-state index contributed by atoms with van der Waals surface area (Å²) in [5, 5.41) is 9.05. The van der Waals surface area contributed by atoms with Crippen LogP contribution in [-0.2, 0) is 16.0 Å². The number of morpholine rings is 1. The average molecular weight is 304 g/mol. The topological polar surface area (TPSA) is 54.7 Å². The molecule has 0 bridgehead atoms. The zero-order valence-electron chi connectivity index (χ0n) is 13.8. The van der Waals surface area contributed by atoms with Gasteiger partial charge in [0.2, 0.25) is 0 Å². The highest BCUT2D eigenvalue weighted by Crippen LogP contribution is 2.25. The van der Waals surface area contributed by atoms with Gasteiger partial charge in [-0.1, -0.05) is 6.07 Å². The lowest BCUT2D eigenvalue weighted by Crippen LogP contribution is -2.53. The van der Waals surface area contributed by atoms with E-state index in [0.29, 0.717) is 17.9 Å². The van der Waals surface area contributed by atoms with Crippen molar-refractivity contribution in [1.29, 1.82) is 5.26 Å². The number of hydrogen-bond donors (Lipinski definition) is 0. The van der Waals surface area contributed by atoms with E-state index in [2.05, 4.69) is 24.8 Å². The van der Waals surface area contributed by atoms with Crippen LogP contribution in [0, 0.1) is 11.3 Å². The zero-order valence-corrected chi connectivity index (χ0v) is 13.8. The summed E-state index contributed by atoms with van der Waals surface area (Å²) in [6.07, 6.45) is 0.0778. The van der Waals surface area contributed by atoms with Crippen molar-refractivity contribution in [1.82, 2.24) is 4.90 Å². The molecule has 1 aromatic rings. The van der Waals surface area contributed by atoms with Crippen molar-refractivity contribution in [3.63, 3.8) is 0 Å². The van der Waals surface area contributed by atoms with Crippen molar-refractivity contribution in [2.24, 2.45) is 0 Å². The first-order valence-electron chi connectivity index (χ1n) is 7.43. The number of nitrogens with zero attached hydrogens (tertiary/aromatic N) is 2. The van der Waals surface area contributed by atoms with Gasteiger partial charge < -0.3 is 14.2 Å². The number of nitriles is 1. The van der Waals surface area contributed by atoms with Crippen LogP contribution in [0.15, 0.2) is 18.2 Å². The van der Waals surface area contributed by atoms with Gasteiger partial charge in [0.05, 0.1) is 31.0 Å². The van der Waals surface area contributed by atoms with Gasteiger partial charge >= 0.3 is 0 Å². The molecule has 5 nitrogen and oxygen atoms in total. The predicted molar refractivity (Wildman–Crippen MR) is 83.8 cm³/mol. The summed E-state index contributed by atoms with van der Waals surface area (Å²) in [4.78, 5) is 2.36. The Labute approximate surface area is 132 Å². The lowest BCUT2D eigenvalue weighted by Gasteiger charge is -2.42. The third kappa shape index (κ3) is 4.20. The van der Waals surface area contributed by atoms with E-state index >= 15 is 0 Å². The molecule has 1 aromatic carbocycles. The summed E-state index contributed by atoms with van der Waals surface area (Å²) in [5.74, 6) is 0.626. The van der Waals surface area contributed by atoms with Crippen molar-refractivity contribution in [3.8, 4) is 11.8 Å². The van der Waals surface area contributed by atoms with E-state index in [4.69, 9.17) is 19.5 Å². The van der Waals surface area contributed by atoms with Gasteiger partial charge in [-0.05, 0) is 31.5 Å². The van der Waals surface area contributed by atoms with Crippen LogP contribution >= 0.6 is 0 Å². The number of benzene rings is 1. The van der Waals surface area contributed by atoms with Crippen LogP contribution in [0.5, 0.6) is 5.75 Å². The SMILES string of the molecule is COC[C@@H]1CN(Cc2ccc(C#N)c(OC)c2)CC(C)(C)O1. The van der Waals surface area contributed by atoms with Gasteiger partial charge in [0.1, 0.15) is 11.8 Å². The molecule has 2 rings (SSSR count). The third-order valence-electron chi connectivity index (χ3n) is 3.70. The third-order valence-corrected chi connectivity index (χ3v) is 3.70. The molecule has 120 valence electrons. The number of hydrogen-bond acceptors (Lipinski definition) is 5. The summed E-state index contributed by atoms with van der Waals surface area (Å²) in [5.41, 5.74) is 1.49. The van der Waals surface area contributed by atoms with Gasteiger partial charge in [0.25, 0.3) is 0 Å². The van der Waals surface area contributed by atoms with Gasteiger partial charge in [-0.15, -0.1) is 0 Å². The van der Waals surface area contributed by atoms with Gasteiger partial charge in [0, 0.05) is 26.7 Å². The number of methoxy groups -OCH3 is 2. The lowest BCUT2D eigenvalue weighted by molar-refractivity contribution is -0.154. The molecule has 1 fully saturated rings. The fraction of sp³-hybridized carbons (Fsp3) is 0.588. The van der Waals surface area contributed by atoms with E-state index in [1.807, 2.05) is 18.2 Å². The molecular formula is C17H24N2O3. The highest BCUT2D eigenvalue weighted by Gasteiger charge is 2.33. The molecule has 5 heteroatoms. The molecule has 1 heterocycles. The normalized spacial score (nSPS) is 21.3. The molecule has 1 saturated heterocycles. The van der Waals surface area contributed by atoms with Crippen molar-refractivity contribution in [2.75, 3.05) is 33.9 Å². The van der Waals surface area contributed by atoms with Crippen molar-refractivity contribution in [3.05, 3.63) is 29.3 Å². The molecule has 22 heavy (non-hydrogen) atoms. The van der Waals surface area contributed by atoms with Crippen LogP contribution in [0.4, 0.5) is 0 Å². The molecule has 0 radical (unpaired) electrons. The predicted octanol–water partition coefficient (Wildman–Crippen LogP) is 2.19. The van der Waals surface area contributed by atoms with Crippen LogP contribution < -0.4 is 4.74 Å². The molecule has 0 aliphatic carbocycles. The Bertz CT molecular complexity index is 551. The highest BCUT2D eigenvalue weighted by atomic mass is 16.5. The summed E-state index contributed by atoms with van der Waals surface area (Å²) in [6, 6.07) is 7.87. The standard InChI is InChI=1S/C17H24N2O3/c1-17(2)12-19(10-15(22-17)11-20-3)9-13-5-6-14(8-18)16(7-13)21-4/h5-7,15H,9-12H2,1-4H3/t15-/m0/s1. The maximum Gasteiger partial charge on any atom is 0.136 e. The fourth-order valence-electron chi connectivity index (χ4n) is 2.99. The molecule has 1 aliphatic heterocycles. The van der Waals surface area contributed by atoms with Crippen LogP contribution in [0.3, 0.4) is 0 Å². The van der Waals surface area contributed by atoms with Crippen LogP contribution in [0.2, 0.25) is 0 Å². The molecule has 1 atom stereocenters. The van der Waals surface area contributed by atoms with Crippen molar-refractivity contribution >= 4 is 0 Å². The minimum Gasteiger partial charge on any atom is -0.495 e. The second kappa shape index (κ2) is 7.10. The van der Waals surface area contributed by atoms with Crippen LogP contribution in [0.1, 0.15) is 25.0 Å². The maximum atomic E-state index is 9.05. The minimum atomic E-state index is -0.196. The number of ether oxygens (including phenoxy) is 3. The molecule has 0 saturated carbocycles. The average Bonchev–Trinajstić information content (AvgIpc) is 2.45. The first kappa shape index (κ1) is 16.8. The molecule has 1 aliphatic rings. The second-order valence-electron chi connectivity index (χ2n) is 6.27. The first-order chi connectivity index (χ1) is 10.5. The van der Waals surface area contributed by atoms with E-state index in [1.165, 1.54) is 0 Å². The Morgan fingerprint density at radius 3 is 2.82 bits per heavy atom. The molecule has 0 spiro atoms. The van der Waals surface area contributed by atoms with E-state index < -0.39 is 0 Å². The zero-order chi connectivity index (χ0) is 16.2. The van der Waals surface area contributed by atoms with Crippen molar-refractivity contribution < 1.29 is 14.2 Å². The molecule has 0 amide bonds. The number of rotatable bonds is 5. The largest absolute Gasteiger partial charge is 0.495 e. The summed E-state index contributed by atoms with van der Waals surface area (Å²) in [7, 11) is 3.28. The highest BCUT2D eigenvalue weighted by molar-refractivity contribution is 5.45. The van der Waals surface area contributed by atoms with Crippen LogP contribution in [0.25, 0.3) is 0 Å². The summed E-state index contributed by atoms with van der Waals surface area (Å²) < 4.78 is 16.5. The van der Waals surface area contributed by atoms with Gasteiger partial charge in [-0.3, -0.25) is 4.90 Å². The van der Waals surface area contributed by atoms with Crippen LogP contribution in [-0.4, -0.2) is 50.5 Å². The Morgan fingerprint density at radius 1 is 1.41 bits per heavy atom. The monoisotopic (exact) mass is 304 g/mol. The van der Waals surface area contributed by atoms with E-state index in [-0.39, 0.29) is 11.7 Å². The smallest absolute Gasteiger partial charge is 0.136 e. The quantitative estimate of drug-likeness (QED) is 0.834. The van der Waals surface area contributed by atoms with Crippen molar-refractivity contribution in [2.45, 2.75) is 32.1 Å². The minimum absolute atomic E-state index is 0.0778. The molecular weight excluding hydrogens is 280 g/mol. The fourth-order valence-corrected chi connectivity index (χ4v) is 2.99. The Kier molecular flexibility index (Phi) is 5.41. The molecule has 0 aromatic heterocycles. The second-order valence-corrected chi connectivity index (χ2v) is 6.27. The first-order valence-corrected chi connectivity index (χ1v) is 7.43. The molecule has 0 N–H and O–H groups in total. The summed E-state index contributed by atoms with van der Waals surface area (Å²) in [6.45, 7) is 7.28. The van der Waals surface area contributed by atoms with Gasteiger partial charge in [-0.25, -0.2) is 0 Å². The van der Waals surface area contributed by atoms with E-state index in [9.17, 15) is 0 Å². The lowest BCUT2D eigenvalue weighted by atomic mass is 10.0. The van der Waals surface area contributed by atoms with E-state index in [1.54, 1.807) is 14.2 Å². The Morgan fingerprint density at radius 2 is 2.18 bits per heavy atom.